The SMILES string of the molecule is Cn1ccc(Sc2cnc3sc(N)nc3c2)n1. The third-order valence-electron chi connectivity index (χ3n) is 2.15. The lowest BCUT2D eigenvalue weighted by molar-refractivity contribution is 0.738. The molecule has 0 spiro atoms. The van der Waals surface area contributed by atoms with Crippen LogP contribution in [0.3, 0.4) is 0 Å². The maximum absolute atomic E-state index is 5.64. The minimum atomic E-state index is 0.549. The van der Waals surface area contributed by atoms with Crippen LogP contribution in [0.15, 0.2) is 34.4 Å². The Bertz CT molecular complexity index is 672. The van der Waals surface area contributed by atoms with Crippen LogP contribution in [0.5, 0.6) is 0 Å². The molecule has 0 aromatic carbocycles. The highest BCUT2D eigenvalue weighted by atomic mass is 32.2. The summed E-state index contributed by atoms with van der Waals surface area (Å²) in [6, 6.07) is 3.94. The van der Waals surface area contributed by atoms with Crippen LogP contribution in [-0.2, 0) is 7.05 Å². The first-order valence-electron chi connectivity index (χ1n) is 4.90. The van der Waals surface area contributed by atoms with E-state index in [1.54, 1.807) is 16.4 Å². The Hall–Kier alpha value is -1.60. The third-order valence-corrected chi connectivity index (χ3v) is 3.84. The number of thiazole rings is 1. The fourth-order valence-corrected chi connectivity index (χ4v) is 2.92. The molecule has 0 saturated carbocycles. The van der Waals surface area contributed by atoms with E-state index in [0.717, 1.165) is 20.3 Å². The highest BCUT2D eigenvalue weighted by molar-refractivity contribution is 7.99. The van der Waals surface area contributed by atoms with E-state index >= 15 is 0 Å². The summed E-state index contributed by atoms with van der Waals surface area (Å²) in [5, 5.41) is 5.79. The lowest BCUT2D eigenvalue weighted by atomic mass is 10.5. The minimum Gasteiger partial charge on any atom is -0.375 e. The van der Waals surface area contributed by atoms with Crippen molar-refractivity contribution in [3.63, 3.8) is 0 Å². The molecule has 0 aliphatic heterocycles. The summed E-state index contributed by atoms with van der Waals surface area (Å²) in [4.78, 5) is 10.4. The molecule has 0 radical (unpaired) electrons. The molecular formula is C10H9N5S2. The summed E-state index contributed by atoms with van der Waals surface area (Å²) >= 11 is 2.96. The van der Waals surface area contributed by atoms with Gasteiger partial charge in [0.05, 0.1) is 0 Å². The van der Waals surface area contributed by atoms with Crippen molar-refractivity contribution in [2.75, 3.05) is 5.73 Å². The van der Waals surface area contributed by atoms with Crippen LogP contribution < -0.4 is 5.73 Å². The molecule has 0 unspecified atom stereocenters. The lowest BCUT2D eigenvalue weighted by Crippen LogP contribution is -1.86. The first-order chi connectivity index (χ1) is 8.20. The third kappa shape index (κ3) is 2.11. The minimum absolute atomic E-state index is 0.549. The molecule has 0 saturated heterocycles. The second-order valence-corrected chi connectivity index (χ2v) is 5.58. The molecule has 3 heterocycles. The fraction of sp³-hybridized carbons (Fsp3) is 0.100. The van der Waals surface area contributed by atoms with Gasteiger partial charge >= 0.3 is 0 Å². The van der Waals surface area contributed by atoms with E-state index in [1.165, 1.54) is 11.3 Å². The molecule has 3 rings (SSSR count). The largest absolute Gasteiger partial charge is 0.375 e. The molecule has 0 atom stereocenters. The molecule has 86 valence electrons. The van der Waals surface area contributed by atoms with Crippen molar-refractivity contribution in [3.05, 3.63) is 24.5 Å². The van der Waals surface area contributed by atoms with Crippen molar-refractivity contribution in [2.45, 2.75) is 9.92 Å². The molecule has 0 aliphatic carbocycles. The van der Waals surface area contributed by atoms with Crippen LogP contribution in [0.4, 0.5) is 5.13 Å². The number of hydrogen-bond acceptors (Lipinski definition) is 6. The van der Waals surface area contributed by atoms with Gasteiger partial charge in [-0.05, 0) is 12.1 Å². The van der Waals surface area contributed by atoms with Gasteiger partial charge in [-0.15, -0.1) is 0 Å². The van der Waals surface area contributed by atoms with E-state index in [2.05, 4.69) is 15.1 Å². The quantitative estimate of drug-likeness (QED) is 0.767. The van der Waals surface area contributed by atoms with Crippen molar-refractivity contribution in [2.24, 2.45) is 7.05 Å². The van der Waals surface area contributed by atoms with E-state index in [-0.39, 0.29) is 0 Å². The zero-order chi connectivity index (χ0) is 11.8. The number of pyridine rings is 1. The average molecular weight is 263 g/mol. The zero-order valence-electron chi connectivity index (χ0n) is 8.99. The van der Waals surface area contributed by atoms with Crippen molar-refractivity contribution in [3.8, 4) is 0 Å². The Morgan fingerprint density at radius 1 is 1.47 bits per heavy atom. The lowest BCUT2D eigenvalue weighted by Gasteiger charge is -1.96. The molecule has 0 amide bonds. The van der Waals surface area contributed by atoms with E-state index in [0.29, 0.717) is 5.13 Å². The number of nitrogens with two attached hydrogens (primary N) is 1. The van der Waals surface area contributed by atoms with Crippen LogP contribution in [0.2, 0.25) is 0 Å². The summed E-state index contributed by atoms with van der Waals surface area (Å²) in [5.74, 6) is 0. The average Bonchev–Trinajstić information content (AvgIpc) is 2.83. The molecule has 5 nitrogen and oxygen atoms in total. The maximum atomic E-state index is 5.64. The van der Waals surface area contributed by atoms with E-state index in [1.807, 2.05) is 31.6 Å². The Balaban J connectivity index is 1.95. The second kappa shape index (κ2) is 4.01. The summed E-state index contributed by atoms with van der Waals surface area (Å²) in [6.45, 7) is 0. The predicted molar refractivity (Wildman–Crippen MR) is 69.2 cm³/mol. The first kappa shape index (κ1) is 10.5. The maximum Gasteiger partial charge on any atom is 0.182 e. The summed E-state index contributed by atoms with van der Waals surface area (Å²) in [7, 11) is 1.90. The van der Waals surface area contributed by atoms with Crippen molar-refractivity contribution in [1.82, 2.24) is 19.7 Å². The Morgan fingerprint density at radius 2 is 2.35 bits per heavy atom. The van der Waals surface area contributed by atoms with Crippen molar-refractivity contribution in [1.29, 1.82) is 0 Å². The molecule has 7 heteroatoms. The van der Waals surface area contributed by atoms with Crippen LogP contribution in [0, 0.1) is 0 Å². The van der Waals surface area contributed by atoms with Crippen molar-refractivity contribution >= 4 is 38.6 Å². The summed E-state index contributed by atoms with van der Waals surface area (Å²) in [5.41, 5.74) is 6.48. The highest BCUT2D eigenvalue weighted by Crippen LogP contribution is 2.29. The topological polar surface area (TPSA) is 69.6 Å². The molecule has 0 aliphatic rings. The van der Waals surface area contributed by atoms with Crippen LogP contribution in [0.25, 0.3) is 10.3 Å². The number of rotatable bonds is 2. The van der Waals surface area contributed by atoms with E-state index < -0.39 is 0 Å². The normalized spacial score (nSPS) is 11.1. The van der Waals surface area contributed by atoms with E-state index in [9.17, 15) is 0 Å². The summed E-state index contributed by atoms with van der Waals surface area (Å²) < 4.78 is 1.77. The van der Waals surface area contributed by atoms with Gasteiger partial charge in [-0.1, -0.05) is 23.1 Å². The smallest absolute Gasteiger partial charge is 0.182 e. The summed E-state index contributed by atoms with van der Waals surface area (Å²) in [6.07, 6.45) is 3.73. The van der Waals surface area contributed by atoms with Crippen LogP contribution in [0.1, 0.15) is 0 Å². The number of aromatic nitrogens is 4. The first-order valence-corrected chi connectivity index (χ1v) is 6.53. The fourth-order valence-electron chi connectivity index (χ4n) is 1.45. The zero-order valence-corrected chi connectivity index (χ0v) is 10.6. The van der Waals surface area contributed by atoms with Gasteiger partial charge in [0.15, 0.2) is 5.13 Å². The second-order valence-electron chi connectivity index (χ2n) is 3.48. The van der Waals surface area contributed by atoms with Gasteiger partial charge in [-0.25, -0.2) is 9.97 Å². The molecule has 0 bridgehead atoms. The molecular weight excluding hydrogens is 254 g/mol. The number of nitrogens with zero attached hydrogens (tertiary/aromatic N) is 4. The van der Waals surface area contributed by atoms with E-state index in [4.69, 9.17) is 5.73 Å². The standard InChI is InChI=1S/C10H9N5S2/c1-15-3-2-8(14-15)16-6-4-7-9(12-5-6)17-10(11)13-7/h2-5H,1H3,(H2,11,13). The number of nitrogen functional groups attached to an aromatic ring is 1. The van der Waals surface area contributed by atoms with Gasteiger partial charge in [-0.3, -0.25) is 4.68 Å². The molecule has 0 fully saturated rings. The monoisotopic (exact) mass is 263 g/mol. The highest BCUT2D eigenvalue weighted by Gasteiger charge is 2.06. The number of fused-ring (bicyclic) bond motifs is 1. The molecule has 2 N–H and O–H groups in total. The Morgan fingerprint density at radius 3 is 3.12 bits per heavy atom. The van der Waals surface area contributed by atoms with Gasteiger partial charge in [0.2, 0.25) is 0 Å². The van der Waals surface area contributed by atoms with Gasteiger partial charge in [0.25, 0.3) is 0 Å². The Kier molecular flexibility index (Phi) is 2.49. The number of hydrogen-bond donors (Lipinski definition) is 1. The molecule has 3 aromatic rings. The van der Waals surface area contributed by atoms with Gasteiger partial charge in [-0.2, -0.15) is 5.10 Å². The van der Waals surface area contributed by atoms with Crippen LogP contribution in [-0.4, -0.2) is 19.7 Å². The van der Waals surface area contributed by atoms with Gasteiger partial charge in [0, 0.05) is 24.3 Å². The van der Waals surface area contributed by atoms with Gasteiger partial charge in [0.1, 0.15) is 15.4 Å². The van der Waals surface area contributed by atoms with Crippen molar-refractivity contribution < 1.29 is 0 Å². The van der Waals surface area contributed by atoms with Crippen LogP contribution >= 0.6 is 23.1 Å². The molecule has 3 aromatic heterocycles. The number of anilines is 1. The molecule has 17 heavy (non-hydrogen) atoms. The number of aryl methyl sites for hydroxylation is 1. The Labute approximate surface area is 106 Å². The van der Waals surface area contributed by atoms with Gasteiger partial charge < -0.3 is 5.73 Å². The predicted octanol–water partition coefficient (Wildman–Crippen LogP) is 2.16.